The number of carbonyl (C=O) groups is 3. The van der Waals surface area contributed by atoms with Crippen molar-refractivity contribution < 1.29 is 29.0 Å². The van der Waals surface area contributed by atoms with Gasteiger partial charge in [-0.15, -0.1) is 13.2 Å². The molecule has 2 unspecified atom stereocenters. The first-order valence-corrected chi connectivity index (χ1v) is 12.4. The zero-order valence-electron chi connectivity index (χ0n) is 21.0. The molecule has 0 radical (unpaired) electrons. The predicted octanol–water partition coefficient (Wildman–Crippen LogP) is 1.62. The van der Waals surface area contributed by atoms with Crippen molar-refractivity contribution in [1.29, 1.82) is 0 Å². The molecule has 2 bridgehead atoms. The van der Waals surface area contributed by atoms with E-state index in [1.54, 1.807) is 60.4 Å². The van der Waals surface area contributed by atoms with Gasteiger partial charge < -0.3 is 29.3 Å². The maximum absolute atomic E-state index is 14.2. The Morgan fingerprint density at radius 2 is 1.92 bits per heavy atom. The van der Waals surface area contributed by atoms with Crippen LogP contribution in [0.5, 0.6) is 5.75 Å². The van der Waals surface area contributed by atoms with Gasteiger partial charge >= 0.3 is 0 Å². The lowest BCUT2D eigenvalue weighted by molar-refractivity contribution is -0.144. The summed E-state index contributed by atoms with van der Waals surface area (Å²) in [4.78, 5) is 46.2. The topological polar surface area (TPSA) is 99.6 Å². The molecule has 1 aromatic carbocycles. The Labute approximate surface area is 211 Å². The average Bonchev–Trinajstić information content (AvgIpc) is 3.52. The zero-order valence-corrected chi connectivity index (χ0v) is 21.0. The van der Waals surface area contributed by atoms with Gasteiger partial charge in [0.25, 0.3) is 5.91 Å². The number of methoxy groups -OCH3 is 1. The Morgan fingerprint density at radius 1 is 1.22 bits per heavy atom. The summed E-state index contributed by atoms with van der Waals surface area (Å²) >= 11 is 0. The monoisotopic (exact) mass is 497 g/mol. The second-order valence-corrected chi connectivity index (χ2v) is 9.61. The number of carbonyl (C=O) groups excluding carboxylic acids is 3. The van der Waals surface area contributed by atoms with Gasteiger partial charge in [0, 0.05) is 39.0 Å². The minimum absolute atomic E-state index is 0.120. The summed E-state index contributed by atoms with van der Waals surface area (Å²) in [5.41, 5.74) is -0.448. The number of likely N-dealkylation sites (N-methyl/N-ethyl adjacent to an activating group) is 1. The molecule has 9 heteroatoms. The number of amides is 3. The number of fused-ring (bicyclic) bond motifs is 1. The molecule has 3 aliphatic rings. The summed E-state index contributed by atoms with van der Waals surface area (Å²) in [6.07, 6.45) is 4.29. The molecule has 1 aromatic rings. The molecule has 3 amide bonds. The second-order valence-electron chi connectivity index (χ2n) is 9.61. The van der Waals surface area contributed by atoms with Gasteiger partial charge in [0.05, 0.1) is 25.0 Å². The lowest BCUT2D eigenvalue weighted by Gasteiger charge is -2.37. The van der Waals surface area contributed by atoms with Crippen molar-refractivity contribution in [3.05, 3.63) is 49.6 Å². The quantitative estimate of drug-likeness (QED) is 0.467. The summed E-state index contributed by atoms with van der Waals surface area (Å²) in [7, 11) is 3.26. The number of anilines is 1. The maximum atomic E-state index is 14.2. The SMILES string of the molecule is C=CCN(C)C(=O)[C@@H]1[C@H]2C(=O)N(CCCO)C(C(=O)N(CC=C)c3ccc(OC)cc3)C23CC[C@H]1O3. The lowest BCUT2D eigenvalue weighted by atomic mass is 9.70. The number of aliphatic hydroxyl groups excluding tert-OH is 1. The molecule has 5 atom stereocenters. The minimum atomic E-state index is -1.09. The van der Waals surface area contributed by atoms with Crippen molar-refractivity contribution in [3.8, 4) is 5.75 Å². The summed E-state index contributed by atoms with van der Waals surface area (Å²) in [6, 6.07) is 6.20. The highest BCUT2D eigenvalue weighted by Crippen LogP contribution is 2.59. The molecule has 3 fully saturated rings. The molecule has 0 aliphatic carbocycles. The molecule has 0 aromatic heterocycles. The highest BCUT2D eigenvalue weighted by molar-refractivity contribution is 6.05. The third kappa shape index (κ3) is 4.10. The third-order valence-corrected chi connectivity index (χ3v) is 7.62. The molecule has 1 spiro atoms. The summed E-state index contributed by atoms with van der Waals surface area (Å²) < 4.78 is 11.7. The van der Waals surface area contributed by atoms with Gasteiger partial charge in [0.1, 0.15) is 17.4 Å². The van der Waals surface area contributed by atoms with Gasteiger partial charge in [0.15, 0.2) is 0 Å². The number of rotatable bonds is 11. The molecule has 0 saturated carbocycles. The van der Waals surface area contributed by atoms with Crippen molar-refractivity contribution in [3.63, 3.8) is 0 Å². The molecule has 3 aliphatic heterocycles. The fourth-order valence-electron chi connectivity index (χ4n) is 6.10. The summed E-state index contributed by atoms with van der Waals surface area (Å²) in [5.74, 6) is -1.46. The first kappa shape index (κ1) is 25.9. The molecular formula is C27H35N3O6. The number of hydrogen-bond donors (Lipinski definition) is 1. The van der Waals surface area contributed by atoms with Gasteiger partial charge in [0.2, 0.25) is 11.8 Å². The summed E-state index contributed by atoms with van der Waals surface area (Å²) in [6.45, 7) is 8.19. The fourth-order valence-corrected chi connectivity index (χ4v) is 6.10. The van der Waals surface area contributed by atoms with Crippen LogP contribution in [0.3, 0.4) is 0 Å². The number of nitrogens with zero attached hydrogens (tertiary/aromatic N) is 3. The van der Waals surface area contributed by atoms with Crippen LogP contribution >= 0.6 is 0 Å². The van der Waals surface area contributed by atoms with Gasteiger partial charge in [-0.3, -0.25) is 14.4 Å². The van der Waals surface area contributed by atoms with Gasteiger partial charge in [-0.05, 0) is 43.5 Å². The van der Waals surface area contributed by atoms with E-state index in [1.807, 2.05) is 0 Å². The Hall–Kier alpha value is -3.17. The van der Waals surface area contributed by atoms with Crippen LogP contribution in [0.25, 0.3) is 0 Å². The van der Waals surface area contributed by atoms with Crippen LogP contribution in [0.4, 0.5) is 5.69 Å². The number of hydrogen-bond acceptors (Lipinski definition) is 6. The smallest absolute Gasteiger partial charge is 0.253 e. The van der Waals surface area contributed by atoms with Gasteiger partial charge in [-0.25, -0.2) is 0 Å². The van der Waals surface area contributed by atoms with Gasteiger partial charge in [-0.1, -0.05) is 12.2 Å². The van der Waals surface area contributed by atoms with E-state index in [4.69, 9.17) is 9.47 Å². The molecule has 3 saturated heterocycles. The van der Waals surface area contributed by atoms with Crippen molar-refractivity contribution in [2.45, 2.75) is 37.0 Å². The first-order valence-electron chi connectivity index (χ1n) is 12.4. The molecule has 3 heterocycles. The largest absolute Gasteiger partial charge is 0.497 e. The Morgan fingerprint density at radius 3 is 2.53 bits per heavy atom. The Balaban J connectivity index is 1.74. The molecule has 36 heavy (non-hydrogen) atoms. The average molecular weight is 498 g/mol. The Kier molecular flexibility index (Phi) is 7.51. The van der Waals surface area contributed by atoms with E-state index in [1.165, 1.54) is 4.90 Å². The number of benzene rings is 1. The van der Waals surface area contributed by atoms with Crippen LogP contribution in [0.15, 0.2) is 49.6 Å². The predicted molar refractivity (Wildman–Crippen MR) is 134 cm³/mol. The number of aliphatic hydroxyl groups is 1. The van der Waals surface area contributed by atoms with Crippen LogP contribution in [-0.2, 0) is 19.1 Å². The standard InChI is InChI=1S/C27H35N3O6/c1-5-14-28(3)24(32)21-20-12-13-27(36-20)22(21)25(33)30(16-7-17-31)23(27)26(34)29(15-6-2)18-8-10-19(35-4)11-9-18/h5-6,8-11,20-23,31H,1-2,7,12-17H2,3-4H3/t20-,21+,22+,23?,27?/m1/s1. The highest BCUT2D eigenvalue weighted by Gasteiger charge is 2.74. The van der Waals surface area contributed by atoms with E-state index < -0.39 is 29.6 Å². The number of ether oxygens (including phenoxy) is 2. The second kappa shape index (κ2) is 10.4. The first-order chi connectivity index (χ1) is 17.3. The highest BCUT2D eigenvalue weighted by atomic mass is 16.5. The van der Waals surface area contributed by atoms with Gasteiger partial charge in [-0.2, -0.15) is 0 Å². The van der Waals surface area contributed by atoms with E-state index in [0.29, 0.717) is 37.2 Å². The normalized spacial score (nSPS) is 28.1. The molecule has 9 nitrogen and oxygen atoms in total. The van der Waals surface area contributed by atoms with E-state index in [-0.39, 0.29) is 37.4 Å². The minimum Gasteiger partial charge on any atom is -0.497 e. The van der Waals surface area contributed by atoms with E-state index in [2.05, 4.69) is 13.2 Å². The van der Waals surface area contributed by atoms with Crippen LogP contribution in [0.2, 0.25) is 0 Å². The van der Waals surface area contributed by atoms with E-state index >= 15 is 0 Å². The Bertz CT molecular complexity index is 1030. The van der Waals surface area contributed by atoms with Crippen molar-refractivity contribution >= 4 is 23.4 Å². The summed E-state index contributed by atoms with van der Waals surface area (Å²) in [5, 5.41) is 9.50. The lowest BCUT2D eigenvalue weighted by Crippen LogP contribution is -2.56. The fraction of sp³-hybridized carbons (Fsp3) is 0.519. The molecular weight excluding hydrogens is 462 g/mol. The van der Waals surface area contributed by atoms with Crippen molar-refractivity contribution in [1.82, 2.24) is 9.80 Å². The number of likely N-dealkylation sites (tertiary alicyclic amines) is 1. The third-order valence-electron chi connectivity index (χ3n) is 7.62. The van der Waals surface area contributed by atoms with Crippen molar-refractivity contribution in [2.24, 2.45) is 11.8 Å². The van der Waals surface area contributed by atoms with Crippen LogP contribution in [0.1, 0.15) is 19.3 Å². The van der Waals surface area contributed by atoms with Crippen LogP contribution in [0, 0.1) is 11.8 Å². The van der Waals surface area contributed by atoms with Crippen LogP contribution < -0.4 is 9.64 Å². The maximum Gasteiger partial charge on any atom is 0.253 e. The van der Waals surface area contributed by atoms with Crippen LogP contribution in [-0.4, -0.2) is 90.8 Å². The van der Waals surface area contributed by atoms with E-state index in [9.17, 15) is 19.5 Å². The van der Waals surface area contributed by atoms with E-state index in [0.717, 1.165) is 0 Å². The van der Waals surface area contributed by atoms with Crippen molar-refractivity contribution in [2.75, 3.05) is 45.3 Å². The molecule has 1 N–H and O–H groups in total. The molecule has 4 rings (SSSR count). The molecule has 194 valence electrons. The zero-order chi connectivity index (χ0) is 26.0.